The maximum atomic E-state index is 10.7. The van der Waals surface area contributed by atoms with E-state index in [2.05, 4.69) is 4.99 Å². The molecule has 138 valence electrons. The van der Waals surface area contributed by atoms with E-state index in [0.717, 1.165) is 11.3 Å². The van der Waals surface area contributed by atoms with Crippen molar-refractivity contribution in [2.45, 2.75) is 30.2 Å². The van der Waals surface area contributed by atoms with Gasteiger partial charge in [-0.1, -0.05) is 42.5 Å². The van der Waals surface area contributed by atoms with Crippen LogP contribution in [0, 0.1) is 0 Å². The van der Waals surface area contributed by atoms with E-state index in [4.69, 9.17) is 4.74 Å². The molecule has 0 saturated carbocycles. The molecule has 2 aromatic rings. The summed E-state index contributed by atoms with van der Waals surface area (Å²) >= 11 is 0. The first kappa shape index (κ1) is 18.7. The van der Waals surface area contributed by atoms with Crippen LogP contribution in [0.25, 0.3) is 0 Å². The Hall–Kier alpha value is -2.13. The number of nitrogens with zero attached hydrogens (tertiary/aromatic N) is 1. The van der Waals surface area contributed by atoms with Crippen LogP contribution in [0.15, 0.2) is 59.6 Å². The number of aliphatic hydroxyl groups is 5. The second kappa shape index (κ2) is 7.63. The van der Waals surface area contributed by atoms with Crippen LogP contribution in [-0.4, -0.2) is 62.8 Å². The second-order valence-corrected chi connectivity index (χ2v) is 6.18. The van der Waals surface area contributed by atoms with Crippen molar-refractivity contribution in [3.63, 3.8) is 0 Å². The van der Waals surface area contributed by atoms with Gasteiger partial charge in [-0.2, -0.15) is 0 Å². The minimum absolute atomic E-state index is 0.186. The van der Waals surface area contributed by atoms with Crippen molar-refractivity contribution in [3.8, 4) is 0 Å². The fourth-order valence-electron chi connectivity index (χ4n) is 2.86. The highest BCUT2D eigenvalue weighted by Gasteiger charge is 2.53. The Morgan fingerprint density at radius 3 is 2.23 bits per heavy atom. The van der Waals surface area contributed by atoms with Crippen molar-refractivity contribution in [2.75, 3.05) is 6.61 Å². The Morgan fingerprint density at radius 1 is 0.962 bits per heavy atom. The van der Waals surface area contributed by atoms with Crippen LogP contribution in [-0.2, 0) is 10.5 Å². The molecule has 0 bridgehead atoms. The quantitative estimate of drug-likeness (QED) is 0.492. The van der Waals surface area contributed by atoms with Gasteiger partial charge in [0.05, 0.1) is 12.3 Å². The first-order valence-corrected chi connectivity index (χ1v) is 8.20. The van der Waals surface area contributed by atoms with Gasteiger partial charge in [-0.05, 0) is 17.7 Å². The average molecular weight is 359 g/mol. The summed E-state index contributed by atoms with van der Waals surface area (Å²) < 4.78 is 5.29. The monoisotopic (exact) mass is 359 g/mol. The zero-order valence-corrected chi connectivity index (χ0v) is 13.9. The second-order valence-electron chi connectivity index (χ2n) is 6.18. The molecule has 26 heavy (non-hydrogen) atoms. The number of aliphatic imine (C=N–C) groups is 1. The zero-order chi connectivity index (χ0) is 18.7. The Bertz CT molecular complexity index is 748. The average Bonchev–Trinajstić information content (AvgIpc) is 2.69. The molecule has 0 unspecified atom stereocenters. The molecule has 1 heterocycles. The van der Waals surface area contributed by atoms with Gasteiger partial charge in [-0.3, -0.25) is 4.99 Å². The van der Waals surface area contributed by atoms with Crippen LogP contribution in [0.2, 0.25) is 0 Å². The van der Waals surface area contributed by atoms with Crippen molar-refractivity contribution in [3.05, 3.63) is 65.7 Å². The molecule has 5 atom stereocenters. The first-order chi connectivity index (χ1) is 12.5. The highest BCUT2D eigenvalue weighted by Crippen LogP contribution is 2.36. The standard InChI is InChI=1S/C19H21NO6/c21-11-15-16(22)17(23)18(24)19(25,26-15)13-8-6-12(7-9-13)10-20-14-4-2-1-3-5-14/h1-10,15-18,21-25H,11H2/t15-,16-,17-,18-,19-/m1/s1. The molecule has 5 N–H and O–H groups in total. The van der Waals surface area contributed by atoms with E-state index < -0.39 is 36.8 Å². The lowest BCUT2D eigenvalue weighted by Gasteiger charge is -2.45. The smallest absolute Gasteiger partial charge is 0.222 e. The summed E-state index contributed by atoms with van der Waals surface area (Å²) in [6.07, 6.45) is -4.52. The van der Waals surface area contributed by atoms with Gasteiger partial charge >= 0.3 is 0 Å². The van der Waals surface area contributed by atoms with E-state index in [1.165, 1.54) is 12.1 Å². The lowest BCUT2D eigenvalue weighted by molar-refractivity contribution is -0.357. The Morgan fingerprint density at radius 2 is 1.62 bits per heavy atom. The number of benzene rings is 2. The summed E-state index contributed by atoms with van der Waals surface area (Å²) in [6, 6.07) is 15.8. The van der Waals surface area contributed by atoms with E-state index in [-0.39, 0.29) is 5.56 Å². The minimum atomic E-state index is -2.25. The van der Waals surface area contributed by atoms with Gasteiger partial charge in [0.25, 0.3) is 0 Å². The van der Waals surface area contributed by atoms with E-state index in [0.29, 0.717) is 0 Å². The molecule has 0 aliphatic carbocycles. The normalized spacial score (nSPS) is 32.0. The van der Waals surface area contributed by atoms with Gasteiger partial charge in [0.15, 0.2) is 0 Å². The van der Waals surface area contributed by atoms with Crippen LogP contribution >= 0.6 is 0 Å². The molecule has 0 spiro atoms. The molecule has 7 heteroatoms. The lowest BCUT2D eigenvalue weighted by Crippen LogP contribution is -2.63. The van der Waals surface area contributed by atoms with Gasteiger partial charge < -0.3 is 30.3 Å². The van der Waals surface area contributed by atoms with E-state index in [1.807, 2.05) is 30.3 Å². The maximum absolute atomic E-state index is 10.7. The Balaban J connectivity index is 1.82. The number of ether oxygens (including phenoxy) is 1. The van der Waals surface area contributed by atoms with Crippen LogP contribution in [0.1, 0.15) is 11.1 Å². The predicted molar refractivity (Wildman–Crippen MR) is 94.0 cm³/mol. The molecule has 0 radical (unpaired) electrons. The summed E-state index contributed by atoms with van der Waals surface area (Å²) in [6.45, 7) is -0.616. The Kier molecular flexibility index (Phi) is 5.47. The number of aliphatic hydroxyl groups excluding tert-OH is 4. The summed E-state index contributed by atoms with van der Waals surface area (Å²) in [5.41, 5.74) is 1.74. The van der Waals surface area contributed by atoms with Crippen LogP contribution in [0.4, 0.5) is 5.69 Å². The van der Waals surface area contributed by atoms with Gasteiger partial charge in [-0.15, -0.1) is 0 Å². The van der Waals surface area contributed by atoms with Crippen molar-refractivity contribution in [2.24, 2.45) is 4.99 Å². The van der Waals surface area contributed by atoms with Gasteiger partial charge in [0.1, 0.15) is 24.4 Å². The summed E-state index contributed by atoms with van der Waals surface area (Å²) in [7, 11) is 0. The number of hydrogen-bond acceptors (Lipinski definition) is 7. The molecule has 0 aromatic heterocycles. The predicted octanol–water partition coefficient (Wildman–Crippen LogP) is 0.0561. The zero-order valence-electron chi connectivity index (χ0n) is 13.9. The molecule has 7 nitrogen and oxygen atoms in total. The van der Waals surface area contributed by atoms with Gasteiger partial charge in [0.2, 0.25) is 5.79 Å². The highest BCUT2D eigenvalue weighted by atomic mass is 16.7. The van der Waals surface area contributed by atoms with Crippen LogP contribution in [0.3, 0.4) is 0 Å². The van der Waals surface area contributed by atoms with Gasteiger partial charge in [0, 0.05) is 11.8 Å². The van der Waals surface area contributed by atoms with Crippen molar-refractivity contribution < 1.29 is 30.3 Å². The third-order valence-electron chi connectivity index (χ3n) is 4.41. The summed E-state index contributed by atoms with van der Waals surface area (Å²) in [4.78, 5) is 4.32. The maximum Gasteiger partial charge on any atom is 0.222 e. The number of rotatable bonds is 4. The molecule has 2 aromatic carbocycles. The van der Waals surface area contributed by atoms with Crippen molar-refractivity contribution in [1.82, 2.24) is 0 Å². The SMILES string of the molecule is OC[C@H]1O[C@](O)(c2ccc(C=Nc3ccccc3)cc2)[C@H](O)[C@H](O)[C@@H]1O. The third-order valence-corrected chi connectivity index (χ3v) is 4.41. The molecule has 1 fully saturated rings. The highest BCUT2D eigenvalue weighted by molar-refractivity contribution is 5.81. The summed E-state index contributed by atoms with van der Waals surface area (Å²) in [5.74, 6) is -2.25. The van der Waals surface area contributed by atoms with Crippen molar-refractivity contribution in [1.29, 1.82) is 0 Å². The van der Waals surface area contributed by atoms with E-state index >= 15 is 0 Å². The fourth-order valence-corrected chi connectivity index (χ4v) is 2.86. The van der Waals surface area contributed by atoms with Crippen LogP contribution < -0.4 is 0 Å². The summed E-state index contributed by atoms with van der Waals surface area (Å²) in [5, 5.41) is 49.9. The molecule has 1 aliphatic rings. The molecule has 1 saturated heterocycles. The first-order valence-electron chi connectivity index (χ1n) is 8.20. The van der Waals surface area contributed by atoms with Crippen LogP contribution in [0.5, 0.6) is 0 Å². The molecular formula is C19H21NO6. The largest absolute Gasteiger partial charge is 0.394 e. The van der Waals surface area contributed by atoms with Crippen molar-refractivity contribution >= 4 is 11.9 Å². The topological polar surface area (TPSA) is 123 Å². The fraction of sp³-hybridized carbons (Fsp3) is 0.316. The molecular weight excluding hydrogens is 338 g/mol. The third kappa shape index (κ3) is 3.54. The lowest BCUT2D eigenvalue weighted by atomic mass is 9.88. The van der Waals surface area contributed by atoms with E-state index in [1.54, 1.807) is 18.3 Å². The molecule has 3 rings (SSSR count). The molecule has 1 aliphatic heterocycles. The minimum Gasteiger partial charge on any atom is -0.394 e. The van der Waals surface area contributed by atoms with Gasteiger partial charge in [-0.25, -0.2) is 0 Å². The number of hydrogen-bond donors (Lipinski definition) is 5. The molecule has 0 amide bonds. The Labute approximate surface area is 150 Å². The van der Waals surface area contributed by atoms with E-state index in [9.17, 15) is 25.5 Å². The number of para-hydroxylation sites is 1.